The minimum atomic E-state index is -5.17. The number of benzene rings is 2. The Hall–Kier alpha value is -3.07. The predicted octanol–water partition coefficient (Wildman–Crippen LogP) is 3.05. The number of carbonyl (C=O) groups excluding carboxylic acids is 2. The summed E-state index contributed by atoms with van der Waals surface area (Å²) < 4.78 is 44.3. The lowest BCUT2D eigenvalue weighted by Gasteiger charge is -2.41. The van der Waals surface area contributed by atoms with E-state index in [4.69, 9.17) is 4.74 Å². The van der Waals surface area contributed by atoms with Crippen LogP contribution in [0.15, 0.2) is 60.7 Å². The zero-order valence-corrected chi connectivity index (χ0v) is 16.6. The van der Waals surface area contributed by atoms with Crippen molar-refractivity contribution in [3.05, 3.63) is 66.2 Å². The lowest BCUT2D eigenvalue weighted by atomic mass is 9.86. The molecule has 1 spiro atoms. The fraction of sp³-hybridized carbons (Fsp3) is 0.364. The molecule has 4 rings (SSSR count). The molecule has 0 radical (unpaired) electrons. The number of amides is 1. The van der Waals surface area contributed by atoms with E-state index in [1.807, 2.05) is 0 Å². The second-order valence-corrected chi connectivity index (χ2v) is 7.64. The number of nitrogens with zero attached hydrogens (tertiary/aromatic N) is 2. The summed E-state index contributed by atoms with van der Waals surface area (Å²) >= 11 is 0. The Morgan fingerprint density at radius 3 is 2.19 bits per heavy atom. The lowest BCUT2D eigenvalue weighted by Crippen LogP contribution is -2.57. The zero-order valence-electron chi connectivity index (χ0n) is 16.6. The number of halogens is 3. The molecule has 2 aliphatic heterocycles. The van der Waals surface area contributed by atoms with Crippen LogP contribution in [0.3, 0.4) is 0 Å². The van der Waals surface area contributed by atoms with Gasteiger partial charge in [-0.05, 0) is 43.6 Å². The van der Waals surface area contributed by atoms with Gasteiger partial charge in [-0.15, -0.1) is 0 Å². The van der Waals surface area contributed by atoms with Crippen LogP contribution in [0, 0.1) is 0 Å². The summed E-state index contributed by atoms with van der Waals surface area (Å²) in [7, 11) is 0. The first-order valence-corrected chi connectivity index (χ1v) is 10.0. The number of para-hydroxylation sites is 1. The molecular formula is C22H22F3N3O3. The molecule has 2 fully saturated rings. The normalized spacial score (nSPS) is 20.9. The molecule has 2 saturated heterocycles. The highest BCUT2D eigenvalue weighted by Gasteiger charge is 2.60. The SMILES string of the molecule is O=C(OC1N(Cc2ccccc2)C(=O)C2(CCNCC2)N1c1ccccc1)C(F)(F)F. The molecule has 6 nitrogen and oxygen atoms in total. The van der Waals surface area contributed by atoms with Crippen molar-refractivity contribution >= 4 is 17.6 Å². The van der Waals surface area contributed by atoms with Crippen LogP contribution < -0.4 is 10.2 Å². The van der Waals surface area contributed by atoms with Crippen molar-refractivity contribution in [2.45, 2.75) is 37.5 Å². The minimum Gasteiger partial charge on any atom is -0.416 e. The number of carbonyl (C=O) groups is 2. The fourth-order valence-corrected chi connectivity index (χ4v) is 4.29. The van der Waals surface area contributed by atoms with Crippen molar-refractivity contribution in [2.24, 2.45) is 0 Å². The van der Waals surface area contributed by atoms with Gasteiger partial charge in [0.05, 0.1) is 6.54 Å². The Labute approximate surface area is 177 Å². The van der Waals surface area contributed by atoms with E-state index < -0.39 is 24.0 Å². The maximum absolute atomic E-state index is 13.7. The summed E-state index contributed by atoms with van der Waals surface area (Å²) in [5.74, 6) is -2.67. The lowest BCUT2D eigenvalue weighted by molar-refractivity contribution is -0.211. The third kappa shape index (κ3) is 3.97. The third-order valence-electron chi connectivity index (χ3n) is 5.71. The Balaban J connectivity index is 1.80. The van der Waals surface area contributed by atoms with Crippen LogP contribution in [0.25, 0.3) is 0 Å². The van der Waals surface area contributed by atoms with Gasteiger partial charge in [-0.2, -0.15) is 13.2 Å². The molecular weight excluding hydrogens is 411 g/mol. The summed E-state index contributed by atoms with van der Waals surface area (Å²) in [6, 6.07) is 17.6. The second-order valence-electron chi connectivity index (χ2n) is 7.64. The largest absolute Gasteiger partial charge is 0.491 e. The van der Waals surface area contributed by atoms with Gasteiger partial charge < -0.3 is 15.0 Å². The highest BCUT2D eigenvalue weighted by atomic mass is 19.4. The predicted molar refractivity (Wildman–Crippen MR) is 107 cm³/mol. The molecule has 31 heavy (non-hydrogen) atoms. The van der Waals surface area contributed by atoms with Crippen LogP contribution >= 0.6 is 0 Å². The van der Waals surface area contributed by atoms with Gasteiger partial charge in [-0.25, -0.2) is 4.79 Å². The third-order valence-corrected chi connectivity index (χ3v) is 5.71. The number of hydrogen-bond acceptors (Lipinski definition) is 5. The molecule has 2 aliphatic rings. The Morgan fingerprint density at radius 1 is 1.03 bits per heavy atom. The standard InChI is InChI=1S/C22H22F3N3O3/c23-22(24,25)19(30)31-20-27(15-16-7-3-1-4-8-16)18(29)21(11-13-26-14-12-21)28(20)17-9-5-2-6-10-17/h1-10,20,26H,11-15H2. The van der Waals surface area contributed by atoms with Crippen molar-refractivity contribution < 1.29 is 27.5 Å². The van der Waals surface area contributed by atoms with E-state index in [0.29, 0.717) is 31.6 Å². The van der Waals surface area contributed by atoms with Gasteiger partial charge in [0.2, 0.25) is 0 Å². The highest BCUT2D eigenvalue weighted by Crippen LogP contribution is 2.43. The van der Waals surface area contributed by atoms with Gasteiger partial charge in [-0.1, -0.05) is 48.5 Å². The molecule has 0 aliphatic carbocycles. The van der Waals surface area contributed by atoms with Gasteiger partial charge in [0.15, 0.2) is 0 Å². The van der Waals surface area contributed by atoms with Crippen LogP contribution in [0.2, 0.25) is 0 Å². The average molecular weight is 433 g/mol. The zero-order chi connectivity index (χ0) is 22.1. The van der Waals surface area contributed by atoms with Gasteiger partial charge in [0.25, 0.3) is 12.3 Å². The van der Waals surface area contributed by atoms with Crippen LogP contribution in [0.4, 0.5) is 18.9 Å². The van der Waals surface area contributed by atoms with Crippen LogP contribution in [-0.2, 0) is 20.9 Å². The van der Waals surface area contributed by atoms with E-state index in [2.05, 4.69) is 5.32 Å². The maximum atomic E-state index is 13.7. The molecule has 1 unspecified atom stereocenters. The minimum absolute atomic E-state index is 0.0218. The molecule has 1 amide bonds. The summed E-state index contributed by atoms with van der Waals surface area (Å²) in [6.07, 6.45) is -5.92. The van der Waals surface area contributed by atoms with Gasteiger partial charge in [-0.3, -0.25) is 9.69 Å². The van der Waals surface area contributed by atoms with E-state index >= 15 is 0 Å². The van der Waals surface area contributed by atoms with E-state index in [1.165, 1.54) is 4.90 Å². The van der Waals surface area contributed by atoms with E-state index in [0.717, 1.165) is 5.56 Å². The molecule has 164 valence electrons. The van der Waals surface area contributed by atoms with Gasteiger partial charge in [0, 0.05) is 5.69 Å². The van der Waals surface area contributed by atoms with Gasteiger partial charge in [0.1, 0.15) is 5.54 Å². The van der Waals surface area contributed by atoms with Crippen molar-refractivity contribution in [3.8, 4) is 0 Å². The summed E-state index contributed by atoms with van der Waals surface area (Å²) in [4.78, 5) is 28.3. The molecule has 2 heterocycles. The number of esters is 1. The van der Waals surface area contributed by atoms with Crippen LogP contribution in [0.1, 0.15) is 18.4 Å². The fourth-order valence-electron chi connectivity index (χ4n) is 4.29. The topological polar surface area (TPSA) is 61.9 Å². The molecule has 0 aromatic heterocycles. The highest BCUT2D eigenvalue weighted by molar-refractivity contribution is 5.94. The Kier molecular flexibility index (Phi) is 5.62. The number of rotatable bonds is 4. The Morgan fingerprint density at radius 2 is 1.61 bits per heavy atom. The molecule has 1 atom stereocenters. The monoisotopic (exact) mass is 433 g/mol. The molecule has 2 aromatic carbocycles. The van der Waals surface area contributed by atoms with Gasteiger partial charge >= 0.3 is 12.1 Å². The average Bonchev–Trinajstić information content (AvgIpc) is 2.97. The van der Waals surface area contributed by atoms with Crippen LogP contribution in [-0.4, -0.2) is 47.9 Å². The summed E-state index contributed by atoms with van der Waals surface area (Å²) in [5.41, 5.74) is 0.147. The second kappa shape index (κ2) is 8.22. The molecule has 0 bridgehead atoms. The Bertz CT molecular complexity index is 931. The van der Waals surface area contributed by atoms with Crippen molar-refractivity contribution in [1.29, 1.82) is 0 Å². The number of anilines is 1. The molecule has 9 heteroatoms. The van der Waals surface area contributed by atoms with Crippen molar-refractivity contribution in [2.75, 3.05) is 18.0 Å². The smallest absolute Gasteiger partial charge is 0.416 e. The number of alkyl halides is 3. The molecule has 0 saturated carbocycles. The van der Waals surface area contributed by atoms with Crippen LogP contribution in [0.5, 0.6) is 0 Å². The number of ether oxygens (including phenoxy) is 1. The maximum Gasteiger partial charge on any atom is 0.491 e. The first-order chi connectivity index (χ1) is 14.8. The summed E-state index contributed by atoms with van der Waals surface area (Å²) in [5, 5.41) is 3.19. The summed E-state index contributed by atoms with van der Waals surface area (Å²) in [6.45, 7) is 1.07. The van der Waals surface area contributed by atoms with E-state index in [-0.39, 0.29) is 12.5 Å². The van der Waals surface area contributed by atoms with Crippen molar-refractivity contribution in [1.82, 2.24) is 10.2 Å². The molecule has 1 N–H and O–H groups in total. The number of hydrogen-bond donors (Lipinski definition) is 1. The van der Waals surface area contributed by atoms with Crippen molar-refractivity contribution in [3.63, 3.8) is 0 Å². The first kappa shape index (κ1) is 21.2. The quantitative estimate of drug-likeness (QED) is 0.752. The number of piperidine rings is 1. The number of nitrogens with one attached hydrogen (secondary N) is 1. The van der Waals surface area contributed by atoms with E-state index in [1.54, 1.807) is 65.6 Å². The van der Waals surface area contributed by atoms with E-state index in [9.17, 15) is 22.8 Å². The molecule has 2 aromatic rings. The first-order valence-electron chi connectivity index (χ1n) is 10.0.